The summed E-state index contributed by atoms with van der Waals surface area (Å²) < 4.78 is 5.20. The normalized spacial score (nSPS) is 12.0. The number of rotatable bonds is 6. The summed E-state index contributed by atoms with van der Waals surface area (Å²) in [6.45, 7) is 7.43. The molecule has 0 heterocycles. The lowest BCUT2D eigenvalue weighted by Gasteiger charge is -2.28. The van der Waals surface area contributed by atoms with Crippen LogP contribution in [0.3, 0.4) is 0 Å². The number of ether oxygens (including phenoxy) is 1. The van der Waals surface area contributed by atoms with Crippen molar-refractivity contribution in [2.24, 2.45) is 0 Å². The van der Waals surface area contributed by atoms with Crippen LogP contribution >= 0.6 is 0 Å². The molecular formula is C21H27N3O3. The number of hydrogen-bond acceptors (Lipinski definition) is 4. The molecule has 0 bridgehead atoms. The Morgan fingerprint density at radius 3 is 2.11 bits per heavy atom. The van der Waals surface area contributed by atoms with E-state index in [9.17, 15) is 9.59 Å². The molecule has 144 valence electrons. The van der Waals surface area contributed by atoms with Crippen LogP contribution in [0.25, 0.3) is 0 Å². The fourth-order valence-electron chi connectivity index (χ4n) is 2.35. The topological polar surface area (TPSA) is 70.7 Å². The van der Waals surface area contributed by atoms with Crippen molar-refractivity contribution in [1.82, 2.24) is 10.7 Å². The largest absolute Gasteiger partial charge is 0.444 e. The van der Waals surface area contributed by atoms with E-state index in [1.807, 2.05) is 60.7 Å². The average molecular weight is 369 g/mol. The van der Waals surface area contributed by atoms with Gasteiger partial charge < -0.3 is 10.1 Å². The Morgan fingerprint density at radius 1 is 1.00 bits per heavy atom. The molecule has 0 spiro atoms. The van der Waals surface area contributed by atoms with Gasteiger partial charge in [0.15, 0.2) is 0 Å². The summed E-state index contributed by atoms with van der Waals surface area (Å²) in [6.07, 6.45) is -0.625. The van der Waals surface area contributed by atoms with Gasteiger partial charge in [-0.05, 0) is 45.4 Å². The lowest BCUT2D eigenvalue weighted by molar-refractivity contribution is -0.123. The highest BCUT2D eigenvalue weighted by atomic mass is 16.6. The molecule has 0 aliphatic heterocycles. The first-order chi connectivity index (χ1) is 12.7. The number of carbonyl (C=O) groups excluding carboxylic acids is 2. The molecular weight excluding hydrogens is 342 g/mol. The highest BCUT2D eigenvalue weighted by molar-refractivity contribution is 5.86. The second kappa shape index (κ2) is 9.07. The zero-order valence-corrected chi connectivity index (χ0v) is 16.2. The molecule has 2 aromatic rings. The van der Waals surface area contributed by atoms with Crippen LogP contribution < -0.4 is 15.8 Å². The second-order valence-corrected chi connectivity index (χ2v) is 7.25. The van der Waals surface area contributed by atoms with E-state index in [2.05, 4.69) is 10.7 Å². The maximum atomic E-state index is 12.6. The summed E-state index contributed by atoms with van der Waals surface area (Å²) in [5.74, 6) is -0.333. The van der Waals surface area contributed by atoms with Gasteiger partial charge in [-0.15, -0.1) is 0 Å². The van der Waals surface area contributed by atoms with Gasteiger partial charge in [0.05, 0.1) is 12.2 Å². The van der Waals surface area contributed by atoms with E-state index in [0.29, 0.717) is 6.54 Å². The van der Waals surface area contributed by atoms with Crippen molar-refractivity contribution in [3.8, 4) is 0 Å². The first kappa shape index (κ1) is 20.3. The second-order valence-electron chi connectivity index (χ2n) is 7.25. The van der Waals surface area contributed by atoms with Crippen LogP contribution in [0.4, 0.5) is 10.5 Å². The number of anilines is 1. The molecule has 6 heteroatoms. The third-order valence-corrected chi connectivity index (χ3v) is 3.62. The van der Waals surface area contributed by atoms with Crippen LogP contribution in [0, 0.1) is 0 Å². The number of nitrogens with one attached hydrogen (secondary N) is 2. The van der Waals surface area contributed by atoms with Crippen molar-refractivity contribution in [2.75, 3.05) is 5.01 Å². The highest BCUT2D eigenvalue weighted by Gasteiger charge is 2.22. The summed E-state index contributed by atoms with van der Waals surface area (Å²) in [6, 6.07) is 18.6. The molecule has 27 heavy (non-hydrogen) atoms. The Bertz CT molecular complexity index is 742. The van der Waals surface area contributed by atoms with Gasteiger partial charge in [0.2, 0.25) is 0 Å². The molecule has 2 N–H and O–H groups in total. The minimum Gasteiger partial charge on any atom is -0.444 e. The number of alkyl carbamates (subject to hydrolysis) is 1. The Hall–Kier alpha value is -3.02. The van der Waals surface area contributed by atoms with Crippen LogP contribution in [0.2, 0.25) is 0 Å². The monoisotopic (exact) mass is 369 g/mol. The molecule has 0 saturated heterocycles. The quantitative estimate of drug-likeness (QED) is 0.763. The minimum absolute atomic E-state index is 0.333. The summed E-state index contributed by atoms with van der Waals surface area (Å²) >= 11 is 0. The maximum absolute atomic E-state index is 12.6. The average Bonchev–Trinajstić information content (AvgIpc) is 2.61. The van der Waals surface area contributed by atoms with Gasteiger partial charge in [-0.3, -0.25) is 15.2 Å². The molecule has 2 amide bonds. The van der Waals surface area contributed by atoms with Gasteiger partial charge in [0.1, 0.15) is 11.6 Å². The lowest BCUT2D eigenvalue weighted by Crippen LogP contribution is -2.52. The summed E-state index contributed by atoms with van der Waals surface area (Å²) in [4.78, 5) is 24.5. The van der Waals surface area contributed by atoms with Gasteiger partial charge in [-0.2, -0.15) is 0 Å². The molecule has 0 radical (unpaired) electrons. The van der Waals surface area contributed by atoms with E-state index in [1.54, 1.807) is 32.7 Å². The Balaban J connectivity index is 2.05. The first-order valence-electron chi connectivity index (χ1n) is 8.91. The number of hydrazine groups is 1. The molecule has 0 saturated carbocycles. The van der Waals surface area contributed by atoms with Crippen molar-refractivity contribution < 1.29 is 14.3 Å². The van der Waals surface area contributed by atoms with Gasteiger partial charge in [0.25, 0.3) is 5.91 Å². The number of amides is 2. The minimum atomic E-state index is -0.748. The van der Waals surface area contributed by atoms with E-state index in [-0.39, 0.29) is 5.91 Å². The van der Waals surface area contributed by atoms with E-state index in [4.69, 9.17) is 4.74 Å². The van der Waals surface area contributed by atoms with E-state index >= 15 is 0 Å². The Kier molecular flexibility index (Phi) is 6.82. The Morgan fingerprint density at radius 2 is 1.56 bits per heavy atom. The smallest absolute Gasteiger partial charge is 0.408 e. The fourth-order valence-corrected chi connectivity index (χ4v) is 2.35. The van der Waals surface area contributed by atoms with E-state index in [1.165, 1.54) is 0 Å². The van der Waals surface area contributed by atoms with Gasteiger partial charge >= 0.3 is 6.09 Å². The molecule has 1 atom stereocenters. The molecule has 6 nitrogen and oxygen atoms in total. The molecule has 0 unspecified atom stereocenters. The van der Waals surface area contributed by atoms with Gasteiger partial charge in [-0.25, -0.2) is 4.79 Å². The predicted molar refractivity (Wildman–Crippen MR) is 106 cm³/mol. The molecule has 0 aromatic heterocycles. The van der Waals surface area contributed by atoms with Crippen molar-refractivity contribution >= 4 is 17.7 Å². The number of nitrogens with zero attached hydrogens (tertiary/aromatic N) is 1. The van der Waals surface area contributed by atoms with Gasteiger partial charge in [-0.1, -0.05) is 48.5 Å². The first-order valence-corrected chi connectivity index (χ1v) is 8.91. The van der Waals surface area contributed by atoms with Crippen molar-refractivity contribution in [2.45, 2.75) is 45.9 Å². The SMILES string of the molecule is C[C@@H](NC(=O)OC(C)(C)C)C(=O)NN(Cc1ccccc1)c1ccccc1. The highest BCUT2D eigenvalue weighted by Crippen LogP contribution is 2.15. The number of carbonyl (C=O) groups is 2. The van der Waals surface area contributed by atoms with Crippen molar-refractivity contribution in [1.29, 1.82) is 0 Å². The van der Waals surface area contributed by atoms with Crippen LogP contribution in [-0.2, 0) is 16.1 Å². The number of para-hydroxylation sites is 1. The third kappa shape index (κ3) is 7.01. The number of benzene rings is 2. The molecule has 0 aliphatic rings. The maximum Gasteiger partial charge on any atom is 0.408 e. The number of hydrogen-bond donors (Lipinski definition) is 2. The molecule has 2 rings (SSSR count). The predicted octanol–water partition coefficient (Wildman–Crippen LogP) is 3.64. The zero-order valence-electron chi connectivity index (χ0n) is 16.2. The summed E-state index contributed by atoms with van der Waals surface area (Å²) in [5, 5.41) is 4.31. The molecule has 2 aromatic carbocycles. The summed E-state index contributed by atoms with van der Waals surface area (Å²) in [5.41, 5.74) is 4.15. The van der Waals surface area contributed by atoms with Crippen molar-refractivity contribution in [3.63, 3.8) is 0 Å². The van der Waals surface area contributed by atoms with Gasteiger partial charge in [0, 0.05) is 0 Å². The lowest BCUT2D eigenvalue weighted by atomic mass is 10.2. The zero-order chi connectivity index (χ0) is 19.9. The van der Waals surface area contributed by atoms with Crippen LogP contribution in [0.5, 0.6) is 0 Å². The molecule has 0 fully saturated rings. The van der Waals surface area contributed by atoms with Crippen LogP contribution in [0.1, 0.15) is 33.3 Å². The van der Waals surface area contributed by atoms with Crippen LogP contribution in [-0.4, -0.2) is 23.6 Å². The summed E-state index contributed by atoms with van der Waals surface area (Å²) in [7, 11) is 0. The fraction of sp³-hybridized carbons (Fsp3) is 0.333. The molecule has 0 aliphatic carbocycles. The Labute approximate surface area is 160 Å². The van der Waals surface area contributed by atoms with Crippen LogP contribution in [0.15, 0.2) is 60.7 Å². The van der Waals surface area contributed by atoms with Crippen molar-refractivity contribution in [3.05, 3.63) is 66.2 Å². The third-order valence-electron chi connectivity index (χ3n) is 3.62. The standard InChI is InChI=1S/C21H27N3O3/c1-16(22-20(26)27-21(2,3)4)19(25)23-24(18-13-9-6-10-14-18)15-17-11-7-5-8-12-17/h5-14,16H,15H2,1-4H3,(H,22,26)(H,23,25)/t16-/m1/s1. The van der Waals surface area contributed by atoms with E-state index in [0.717, 1.165) is 11.3 Å². The van der Waals surface area contributed by atoms with E-state index < -0.39 is 17.7 Å².